The van der Waals surface area contributed by atoms with E-state index in [2.05, 4.69) is 17.4 Å². The molecular formula is C28H37N3O5. The molecule has 2 aromatic rings. The molecule has 2 aromatic carbocycles. The Kier molecular flexibility index (Phi) is 9.09. The van der Waals surface area contributed by atoms with E-state index in [1.54, 1.807) is 46.8 Å². The number of nitrogens with zero attached hydrogens (tertiary/aromatic N) is 2. The number of hydrazine groups is 1. The van der Waals surface area contributed by atoms with Crippen LogP contribution >= 0.6 is 0 Å². The minimum atomic E-state index is -0.854. The average Bonchev–Trinajstić information content (AvgIpc) is 3.63. The van der Waals surface area contributed by atoms with Crippen LogP contribution in [0, 0.1) is 0 Å². The second-order valence-electron chi connectivity index (χ2n) is 9.77. The summed E-state index contributed by atoms with van der Waals surface area (Å²) in [4.78, 5) is 39.6. The molecule has 0 radical (unpaired) electrons. The summed E-state index contributed by atoms with van der Waals surface area (Å²) in [5, 5.41) is 5.41. The Labute approximate surface area is 213 Å². The van der Waals surface area contributed by atoms with Gasteiger partial charge in [-0.05, 0) is 64.7 Å². The van der Waals surface area contributed by atoms with E-state index in [1.165, 1.54) is 15.6 Å². The molecule has 3 rings (SSSR count). The summed E-state index contributed by atoms with van der Waals surface area (Å²) < 4.78 is 11.1. The fraction of sp³-hybridized carbons (Fsp3) is 0.464. The number of benzene rings is 2. The highest BCUT2D eigenvalue weighted by molar-refractivity contribution is 6.01. The van der Waals surface area contributed by atoms with E-state index in [0.717, 1.165) is 6.42 Å². The number of epoxide rings is 1. The highest BCUT2D eigenvalue weighted by Gasteiger charge is 2.48. The summed E-state index contributed by atoms with van der Waals surface area (Å²) in [6, 6.07) is 18.2. The van der Waals surface area contributed by atoms with Gasteiger partial charge in [-0.2, -0.15) is 0 Å². The summed E-state index contributed by atoms with van der Waals surface area (Å²) in [7, 11) is 0. The van der Waals surface area contributed by atoms with Gasteiger partial charge in [-0.25, -0.2) is 14.8 Å². The number of alkyl carbamates (subject to hydrolysis) is 1. The van der Waals surface area contributed by atoms with Crippen molar-refractivity contribution in [3.05, 3.63) is 66.2 Å². The molecule has 1 fully saturated rings. The molecule has 3 atom stereocenters. The third-order valence-corrected chi connectivity index (χ3v) is 5.79. The fourth-order valence-corrected chi connectivity index (χ4v) is 3.97. The molecule has 194 valence electrons. The molecule has 1 heterocycles. The first-order valence-corrected chi connectivity index (χ1v) is 12.5. The third-order valence-electron chi connectivity index (χ3n) is 5.79. The number of hydrogen-bond acceptors (Lipinski definition) is 5. The van der Waals surface area contributed by atoms with Crippen LogP contribution in [0.2, 0.25) is 0 Å². The molecule has 1 unspecified atom stereocenters. The maximum Gasteiger partial charge on any atom is 0.408 e. The Morgan fingerprint density at radius 3 is 2.17 bits per heavy atom. The molecule has 0 saturated carbocycles. The zero-order chi connectivity index (χ0) is 26.3. The number of carbonyl (C=O) groups excluding carboxylic acids is 3. The lowest BCUT2D eigenvalue weighted by atomic mass is 10.1. The van der Waals surface area contributed by atoms with E-state index in [9.17, 15) is 14.4 Å². The second kappa shape index (κ2) is 12.0. The van der Waals surface area contributed by atoms with Gasteiger partial charge in [-0.3, -0.25) is 9.59 Å². The topological polar surface area (TPSA) is 91.5 Å². The zero-order valence-corrected chi connectivity index (χ0v) is 21.8. The van der Waals surface area contributed by atoms with Gasteiger partial charge in [-0.15, -0.1) is 0 Å². The molecule has 8 nitrogen and oxygen atoms in total. The first-order valence-electron chi connectivity index (χ1n) is 12.5. The second-order valence-corrected chi connectivity index (χ2v) is 9.77. The van der Waals surface area contributed by atoms with Gasteiger partial charge in [-0.1, -0.05) is 55.5 Å². The first-order chi connectivity index (χ1) is 17.1. The van der Waals surface area contributed by atoms with Gasteiger partial charge in [0.25, 0.3) is 11.8 Å². The summed E-state index contributed by atoms with van der Waals surface area (Å²) in [6.07, 6.45) is 0.331. The SMILES string of the molecule is CCC(NC(=O)OC(C)(C)C)C(=O)N(CC)N(C(=O)[C@H]1O[C@@H]1CCc1ccccc1)c1ccccc1. The summed E-state index contributed by atoms with van der Waals surface area (Å²) in [6.45, 7) is 9.09. The van der Waals surface area contributed by atoms with Crippen molar-refractivity contribution in [3.63, 3.8) is 0 Å². The molecule has 1 saturated heterocycles. The van der Waals surface area contributed by atoms with Crippen molar-refractivity contribution in [2.24, 2.45) is 0 Å². The monoisotopic (exact) mass is 495 g/mol. The van der Waals surface area contributed by atoms with Crippen LogP contribution < -0.4 is 10.3 Å². The highest BCUT2D eigenvalue weighted by atomic mass is 16.6. The van der Waals surface area contributed by atoms with Crippen molar-refractivity contribution in [2.75, 3.05) is 11.6 Å². The molecule has 0 spiro atoms. The van der Waals surface area contributed by atoms with E-state index < -0.39 is 29.7 Å². The Hall–Kier alpha value is -3.39. The zero-order valence-electron chi connectivity index (χ0n) is 21.8. The Balaban J connectivity index is 1.76. The van der Waals surface area contributed by atoms with Crippen molar-refractivity contribution in [1.29, 1.82) is 0 Å². The smallest absolute Gasteiger partial charge is 0.408 e. The van der Waals surface area contributed by atoms with Gasteiger partial charge in [0.05, 0.1) is 11.8 Å². The molecule has 1 aliphatic rings. The fourth-order valence-electron chi connectivity index (χ4n) is 3.97. The minimum Gasteiger partial charge on any atom is -0.444 e. The first kappa shape index (κ1) is 27.2. The molecule has 1 N–H and O–H groups in total. The molecule has 0 aromatic heterocycles. The summed E-state index contributed by atoms with van der Waals surface area (Å²) in [5.74, 6) is -0.703. The molecule has 0 aliphatic carbocycles. The number of ether oxygens (including phenoxy) is 2. The van der Waals surface area contributed by atoms with Crippen molar-refractivity contribution in [3.8, 4) is 0 Å². The number of likely N-dealkylation sites (N-methyl/N-ethyl adjacent to an activating group) is 1. The summed E-state index contributed by atoms with van der Waals surface area (Å²) in [5.41, 5.74) is 1.05. The molecule has 0 bridgehead atoms. The maximum atomic E-state index is 13.6. The number of carbonyl (C=O) groups is 3. The minimum absolute atomic E-state index is 0.209. The molecule has 8 heteroatoms. The van der Waals surface area contributed by atoms with E-state index in [0.29, 0.717) is 18.5 Å². The van der Waals surface area contributed by atoms with Crippen LogP contribution in [0.1, 0.15) is 53.0 Å². The van der Waals surface area contributed by atoms with E-state index >= 15 is 0 Å². The highest BCUT2D eigenvalue weighted by Crippen LogP contribution is 2.31. The molecule has 36 heavy (non-hydrogen) atoms. The van der Waals surface area contributed by atoms with Gasteiger partial charge >= 0.3 is 6.09 Å². The predicted octanol–water partition coefficient (Wildman–Crippen LogP) is 4.49. The van der Waals surface area contributed by atoms with Gasteiger partial charge in [0.2, 0.25) is 0 Å². The van der Waals surface area contributed by atoms with Gasteiger partial charge in [0.1, 0.15) is 11.6 Å². The number of nitrogens with one attached hydrogen (secondary N) is 1. The van der Waals surface area contributed by atoms with Crippen molar-refractivity contribution < 1.29 is 23.9 Å². The standard InChI is InChI=1S/C28H37N3O5/c1-6-22(29-27(34)36-28(3,4)5)25(32)30(7-2)31(21-16-12-9-13-17-21)26(33)24-23(35-24)19-18-20-14-10-8-11-15-20/h8-17,22-24H,6-7,18-19H2,1-5H3,(H,29,34)/t22?,23-,24+/m1/s1. The van der Waals surface area contributed by atoms with Crippen LogP contribution in [0.25, 0.3) is 0 Å². The Morgan fingerprint density at radius 1 is 1.00 bits per heavy atom. The lowest BCUT2D eigenvalue weighted by Gasteiger charge is -2.36. The maximum absolute atomic E-state index is 13.6. The number of amides is 3. The number of aryl methyl sites for hydroxylation is 1. The largest absolute Gasteiger partial charge is 0.444 e. The lowest BCUT2D eigenvalue weighted by molar-refractivity contribution is -0.138. The third kappa shape index (κ3) is 7.31. The van der Waals surface area contributed by atoms with Crippen LogP contribution in [0.15, 0.2) is 60.7 Å². The normalized spacial score (nSPS) is 17.6. The number of rotatable bonds is 9. The average molecular weight is 496 g/mol. The van der Waals surface area contributed by atoms with Crippen LogP contribution in [0.3, 0.4) is 0 Å². The number of para-hydroxylation sites is 1. The summed E-state index contributed by atoms with van der Waals surface area (Å²) >= 11 is 0. The molecular weight excluding hydrogens is 458 g/mol. The molecule has 3 amide bonds. The van der Waals surface area contributed by atoms with Crippen molar-refractivity contribution in [2.45, 2.75) is 77.7 Å². The van der Waals surface area contributed by atoms with Gasteiger partial charge in [0.15, 0.2) is 6.10 Å². The van der Waals surface area contributed by atoms with E-state index in [-0.39, 0.29) is 18.6 Å². The van der Waals surface area contributed by atoms with Crippen LogP contribution in [0.4, 0.5) is 10.5 Å². The molecule has 1 aliphatic heterocycles. The van der Waals surface area contributed by atoms with Crippen LogP contribution in [-0.2, 0) is 25.5 Å². The quantitative estimate of drug-likeness (QED) is 0.409. The number of hydrogen-bond donors (Lipinski definition) is 1. The number of anilines is 1. The van der Waals surface area contributed by atoms with Crippen molar-refractivity contribution >= 4 is 23.6 Å². The van der Waals surface area contributed by atoms with E-state index in [1.807, 2.05) is 36.4 Å². The lowest BCUT2D eigenvalue weighted by Crippen LogP contribution is -2.58. The van der Waals surface area contributed by atoms with E-state index in [4.69, 9.17) is 9.47 Å². The predicted molar refractivity (Wildman–Crippen MR) is 138 cm³/mol. The Bertz CT molecular complexity index is 1020. The Morgan fingerprint density at radius 2 is 1.61 bits per heavy atom. The van der Waals surface area contributed by atoms with Crippen molar-refractivity contribution in [1.82, 2.24) is 10.3 Å². The van der Waals surface area contributed by atoms with Gasteiger partial charge in [0, 0.05) is 6.54 Å². The van der Waals surface area contributed by atoms with Crippen LogP contribution in [0.5, 0.6) is 0 Å². The van der Waals surface area contributed by atoms with Gasteiger partial charge < -0.3 is 14.8 Å². The van der Waals surface area contributed by atoms with Crippen LogP contribution in [-0.4, -0.2) is 53.3 Å².